The van der Waals surface area contributed by atoms with Crippen molar-refractivity contribution < 1.29 is 4.74 Å². The molecule has 0 saturated carbocycles. The summed E-state index contributed by atoms with van der Waals surface area (Å²) in [5, 5.41) is 0.0461. The maximum atomic E-state index is 6.60. The first-order valence-corrected chi connectivity index (χ1v) is 7.59. The van der Waals surface area contributed by atoms with Gasteiger partial charge in [0.1, 0.15) is 0 Å². The van der Waals surface area contributed by atoms with Crippen molar-refractivity contribution in [3.63, 3.8) is 0 Å². The molecule has 104 valence electrons. The van der Waals surface area contributed by atoms with Gasteiger partial charge in [0.2, 0.25) is 0 Å². The molecule has 1 fully saturated rings. The van der Waals surface area contributed by atoms with E-state index >= 15 is 0 Å². The highest BCUT2D eigenvalue weighted by Gasteiger charge is 2.29. The van der Waals surface area contributed by atoms with Crippen LogP contribution >= 0.6 is 11.6 Å². The number of rotatable bonds is 3. The van der Waals surface area contributed by atoms with Crippen LogP contribution in [-0.2, 0) is 4.74 Å². The topological polar surface area (TPSA) is 9.23 Å². The second-order valence-corrected chi connectivity index (χ2v) is 6.00. The number of alkyl halides is 1. The van der Waals surface area contributed by atoms with Crippen molar-refractivity contribution in [2.24, 2.45) is 5.92 Å². The van der Waals surface area contributed by atoms with E-state index in [0.29, 0.717) is 12.0 Å². The lowest BCUT2D eigenvalue weighted by atomic mass is 9.95. The standard InChI is InChI=1S/C18H19ClO/c1-13-11-17(12-20-13)18(19)16-9-7-15(8-10-16)14-5-3-2-4-6-14/h2-10,13,17-18H,11-12H2,1H3. The summed E-state index contributed by atoms with van der Waals surface area (Å²) in [6, 6.07) is 19.0. The number of halogens is 1. The van der Waals surface area contributed by atoms with E-state index in [1.807, 2.05) is 6.07 Å². The third kappa shape index (κ3) is 2.89. The molecule has 1 aliphatic heterocycles. The van der Waals surface area contributed by atoms with Gasteiger partial charge >= 0.3 is 0 Å². The second kappa shape index (κ2) is 5.99. The molecule has 0 bridgehead atoms. The zero-order chi connectivity index (χ0) is 13.9. The molecule has 1 aliphatic rings. The normalized spacial score (nSPS) is 23.7. The Hall–Kier alpha value is -1.31. The Morgan fingerprint density at radius 3 is 2.25 bits per heavy atom. The molecular weight excluding hydrogens is 268 g/mol. The minimum absolute atomic E-state index is 0.0461. The van der Waals surface area contributed by atoms with Crippen LogP contribution < -0.4 is 0 Å². The van der Waals surface area contributed by atoms with E-state index in [9.17, 15) is 0 Å². The number of benzene rings is 2. The summed E-state index contributed by atoms with van der Waals surface area (Å²) in [5.41, 5.74) is 3.66. The number of hydrogen-bond donors (Lipinski definition) is 0. The lowest BCUT2D eigenvalue weighted by molar-refractivity contribution is 0.120. The average molecular weight is 287 g/mol. The van der Waals surface area contributed by atoms with Crippen molar-refractivity contribution in [3.8, 4) is 11.1 Å². The van der Waals surface area contributed by atoms with Crippen LogP contribution in [0.5, 0.6) is 0 Å². The van der Waals surface area contributed by atoms with Gasteiger partial charge in [0, 0.05) is 5.92 Å². The van der Waals surface area contributed by atoms with E-state index in [1.165, 1.54) is 16.7 Å². The highest BCUT2D eigenvalue weighted by molar-refractivity contribution is 6.21. The molecule has 2 heteroatoms. The molecular formula is C18H19ClO. The third-order valence-corrected chi connectivity index (χ3v) is 4.59. The molecule has 3 rings (SSSR count). The zero-order valence-corrected chi connectivity index (χ0v) is 12.4. The average Bonchev–Trinajstić information content (AvgIpc) is 2.94. The van der Waals surface area contributed by atoms with Gasteiger partial charge in [-0.15, -0.1) is 11.6 Å². The maximum absolute atomic E-state index is 6.60. The van der Waals surface area contributed by atoms with Gasteiger partial charge in [-0.3, -0.25) is 0 Å². The van der Waals surface area contributed by atoms with Gasteiger partial charge in [0.05, 0.1) is 18.1 Å². The summed E-state index contributed by atoms with van der Waals surface area (Å²) in [5.74, 6) is 0.425. The molecule has 1 saturated heterocycles. The molecule has 0 spiro atoms. The summed E-state index contributed by atoms with van der Waals surface area (Å²) >= 11 is 6.60. The Bertz CT molecular complexity index is 549. The molecule has 0 N–H and O–H groups in total. The van der Waals surface area contributed by atoms with E-state index in [1.54, 1.807) is 0 Å². The van der Waals surface area contributed by atoms with Gasteiger partial charge in [-0.1, -0.05) is 54.6 Å². The van der Waals surface area contributed by atoms with Crippen molar-refractivity contribution in [2.45, 2.75) is 24.8 Å². The molecule has 20 heavy (non-hydrogen) atoms. The third-order valence-electron chi connectivity index (χ3n) is 3.98. The minimum atomic E-state index is 0.0461. The van der Waals surface area contributed by atoms with Crippen LogP contribution in [-0.4, -0.2) is 12.7 Å². The lowest BCUT2D eigenvalue weighted by Crippen LogP contribution is -2.07. The van der Waals surface area contributed by atoms with Crippen molar-refractivity contribution in [1.29, 1.82) is 0 Å². The Morgan fingerprint density at radius 1 is 1.00 bits per heavy atom. The highest BCUT2D eigenvalue weighted by Crippen LogP contribution is 2.37. The molecule has 0 radical (unpaired) electrons. The van der Waals surface area contributed by atoms with Gasteiger partial charge in [0.15, 0.2) is 0 Å². The summed E-state index contributed by atoms with van der Waals surface area (Å²) in [6.07, 6.45) is 1.39. The second-order valence-electron chi connectivity index (χ2n) is 5.53. The van der Waals surface area contributed by atoms with Crippen LogP contribution in [0.15, 0.2) is 54.6 Å². The van der Waals surface area contributed by atoms with Crippen molar-refractivity contribution in [2.75, 3.05) is 6.61 Å². The van der Waals surface area contributed by atoms with Crippen LogP contribution in [0.2, 0.25) is 0 Å². The van der Waals surface area contributed by atoms with E-state index < -0.39 is 0 Å². The summed E-state index contributed by atoms with van der Waals surface area (Å²) in [6.45, 7) is 2.89. The van der Waals surface area contributed by atoms with Crippen LogP contribution in [0.4, 0.5) is 0 Å². The Kier molecular flexibility index (Phi) is 4.09. The van der Waals surface area contributed by atoms with Crippen LogP contribution in [0.25, 0.3) is 11.1 Å². The van der Waals surface area contributed by atoms with Gasteiger partial charge in [-0.25, -0.2) is 0 Å². The Labute approximate surface area is 125 Å². The molecule has 2 aromatic rings. The molecule has 0 amide bonds. The molecule has 0 aromatic heterocycles. The number of hydrogen-bond acceptors (Lipinski definition) is 1. The summed E-state index contributed by atoms with van der Waals surface area (Å²) in [4.78, 5) is 0. The lowest BCUT2D eigenvalue weighted by Gasteiger charge is -2.16. The predicted octanol–water partition coefficient (Wildman–Crippen LogP) is 5.06. The summed E-state index contributed by atoms with van der Waals surface area (Å²) in [7, 11) is 0. The van der Waals surface area contributed by atoms with Gasteiger partial charge in [-0.05, 0) is 30.0 Å². The fourth-order valence-electron chi connectivity index (χ4n) is 2.82. The number of ether oxygens (including phenoxy) is 1. The SMILES string of the molecule is CC1CC(C(Cl)c2ccc(-c3ccccc3)cc2)CO1. The van der Waals surface area contributed by atoms with Crippen molar-refractivity contribution >= 4 is 11.6 Å². The predicted molar refractivity (Wildman–Crippen MR) is 84.0 cm³/mol. The molecule has 3 unspecified atom stereocenters. The van der Waals surface area contributed by atoms with Crippen LogP contribution in [0.3, 0.4) is 0 Å². The first kappa shape index (κ1) is 13.7. The molecule has 1 nitrogen and oxygen atoms in total. The van der Waals surface area contributed by atoms with E-state index in [2.05, 4.69) is 55.5 Å². The minimum Gasteiger partial charge on any atom is -0.378 e. The fourth-order valence-corrected chi connectivity index (χ4v) is 3.14. The van der Waals surface area contributed by atoms with Crippen molar-refractivity contribution in [1.82, 2.24) is 0 Å². The van der Waals surface area contributed by atoms with Gasteiger partial charge in [-0.2, -0.15) is 0 Å². The van der Waals surface area contributed by atoms with Crippen LogP contribution in [0, 0.1) is 5.92 Å². The first-order chi connectivity index (χ1) is 9.74. The Balaban J connectivity index is 1.76. The highest BCUT2D eigenvalue weighted by atomic mass is 35.5. The molecule has 1 heterocycles. The smallest absolute Gasteiger partial charge is 0.0636 e. The van der Waals surface area contributed by atoms with Crippen molar-refractivity contribution in [3.05, 3.63) is 60.2 Å². The van der Waals surface area contributed by atoms with E-state index in [0.717, 1.165) is 13.0 Å². The zero-order valence-electron chi connectivity index (χ0n) is 11.6. The largest absolute Gasteiger partial charge is 0.378 e. The van der Waals surface area contributed by atoms with Crippen LogP contribution in [0.1, 0.15) is 24.3 Å². The maximum Gasteiger partial charge on any atom is 0.0636 e. The molecule has 0 aliphatic carbocycles. The molecule has 3 atom stereocenters. The van der Waals surface area contributed by atoms with Gasteiger partial charge < -0.3 is 4.74 Å². The van der Waals surface area contributed by atoms with E-state index in [4.69, 9.17) is 16.3 Å². The first-order valence-electron chi connectivity index (χ1n) is 7.15. The van der Waals surface area contributed by atoms with Gasteiger partial charge in [0.25, 0.3) is 0 Å². The molecule has 2 aromatic carbocycles. The Morgan fingerprint density at radius 2 is 1.65 bits per heavy atom. The summed E-state index contributed by atoms with van der Waals surface area (Å²) < 4.78 is 5.62. The quantitative estimate of drug-likeness (QED) is 0.717. The monoisotopic (exact) mass is 286 g/mol. The van der Waals surface area contributed by atoms with E-state index in [-0.39, 0.29) is 5.38 Å². The fraction of sp³-hybridized carbons (Fsp3) is 0.333.